The molecule has 2 atom stereocenters. The van der Waals surface area contributed by atoms with Crippen molar-refractivity contribution in [1.29, 1.82) is 0 Å². The third-order valence-corrected chi connectivity index (χ3v) is 2.98. The first-order valence-electron chi connectivity index (χ1n) is 4.26. The summed E-state index contributed by atoms with van der Waals surface area (Å²) in [6.07, 6.45) is 1.19. The number of aliphatic hydroxyl groups excluding tert-OH is 1. The lowest BCUT2D eigenvalue weighted by Gasteiger charge is -2.18. The van der Waals surface area contributed by atoms with Crippen LogP contribution in [-0.2, 0) is 4.79 Å². The lowest BCUT2D eigenvalue weighted by atomic mass is 10.2. The number of amides is 1. The molecule has 1 amide bonds. The molecule has 0 aromatic rings. The summed E-state index contributed by atoms with van der Waals surface area (Å²) in [5.74, 6) is 0.113. The summed E-state index contributed by atoms with van der Waals surface area (Å²) in [7, 11) is 0. The molecule has 0 spiro atoms. The molecule has 0 aliphatic carbocycles. The quantitative estimate of drug-likeness (QED) is 0.734. The van der Waals surface area contributed by atoms with Gasteiger partial charge in [-0.1, -0.05) is 22.9 Å². The van der Waals surface area contributed by atoms with Crippen molar-refractivity contribution in [2.75, 3.05) is 13.1 Å². The number of hydrogen-bond donors (Lipinski definition) is 1. The van der Waals surface area contributed by atoms with Crippen molar-refractivity contribution in [2.45, 2.75) is 30.7 Å². The van der Waals surface area contributed by atoms with E-state index in [4.69, 9.17) is 0 Å². The maximum atomic E-state index is 11.3. The molecule has 1 aliphatic rings. The van der Waals surface area contributed by atoms with Crippen LogP contribution in [0, 0.1) is 0 Å². The Hall–Kier alpha value is -0.0900. The van der Waals surface area contributed by atoms with E-state index in [9.17, 15) is 9.90 Å². The molecule has 70 valence electrons. The number of halogens is 1. The topological polar surface area (TPSA) is 40.5 Å². The highest BCUT2D eigenvalue weighted by molar-refractivity contribution is 9.10. The van der Waals surface area contributed by atoms with Crippen molar-refractivity contribution in [3.8, 4) is 0 Å². The van der Waals surface area contributed by atoms with E-state index in [1.807, 2.05) is 6.92 Å². The number of carbonyl (C=O) groups is 1. The fourth-order valence-electron chi connectivity index (χ4n) is 1.27. The Morgan fingerprint density at radius 1 is 1.83 bits per heavy atom. The molecule has 1 saturated heterocycles. The molecule has 1 N–H and O–H groups in total. The summed E-state index contributed by atoms with van der Waals surface area (Å²) < 4.78 is 0. The van der Waals surface area contributed by atoms with Crippen LogP contribution in [0.15, 0.2) is 0 Å². The Kier molecular flexibility index (Phi) is 3.53. The minimum Gasteiger partial charge on any atom is -0.391 e. The lowest BCUT2D eigenvalue weighted by Crippen LogP contribution is -2.34. The first kappa shape index (κ1) is 9.99. The summed E-state index contributed by atoms with van der Waals surface area (Å²) in [5, 5.41) is 9.31. The van der Waals surface area contributed by atoms with Gasteiger partial charge in [-0.2, -0.15) is 0 Å². The summed E-state index contributed by atoms with van der Waals surface area (Å²) in [6.45, 7) is 3.17. The van der Waals surface area contributed by atoms with Crippen molar-refractivity contribution in [2.24, 2.45) is 0 Å². The lowest BCUT2D eigenvalue weighted by molar-refractivity contribution is -0.128. The fourth-order valence-corrected chi connectivity index (χ4v) is 1.76. The number of likely N-dealkylation sites (tertiary alicyclic amines) is 1. The van der Waals surface area contributed by atoms with Crippen LogP contribution in [-0.4, -0.2) is 39.9 Å². The van der Waals surface area contributed by atoms with Crippen LogP contribution in [0.3, 0.4) is 0 Å². The van der Waals surface area contributed by atoms with E-state index in [0.717, 1.165) is 13.0 Å². The van der Waals surface area contributed by atoms with Gasteiger partial charge in [-0.3, -0.25) is 4.79 Å². The number of nitrogens with zero attached hydrogens (tertiary/aromatic N) is 1. The first-order valence-corrected chi connectivity index (χ1v) is 5.17. The van der Waals surface area contributed by atoms with E-state index in [0.29, 0.717) is 13.0 Å². The van der Waals surface area contributed by atoms with Crippen molar-refractivity contribution in [3.05, 3.63) is 0 Å². The van der Waals surface area contributed by atoms with Gasteiger partial charge in [-0.15, -0.1) is 0 Å². The van der Waals surface area contributed by atoms with Crippen molar-refractivity contribution in [3.63, 3.8) is 0 Å². The Bertz CT molecular complexity index is 174. The van der Waals surface area contributed by atoms with E-state index >= 15 is 0 Å². The zero-order valence-electron chi connectivity index (χ0n) is 7.16. The van der Waals surface area contributed by atoms with Crippen LogP contribution in [0.5, 0.6) is 0 Å². The predicted molar refractivity (Wildman–Crippen MR) is 50.2 cm³/mol. The van der Waals surface area contributed by atoms with Gasteiger partial charge in [0.2, 0.25) is 5.91 Å². The minimum absolute atomic E-state index is 0.0263. The van der Waals surface area contributed by atoms with Crippen LogP contribution in [0.4, 0.5) is 0 Å². The molecule has 12 heavy (non-hydrogen) atoms. The molecular weight excluding hydrogens is 222 g/mol. The van der Waals surface area contributed by atoms with Gasteiger partial charge in [0, 0.05) is 13.1 Å². The van der Waals surface area contributed by atoms with Gasteiger partial charge in [0.1, 0.15) is 0 Å². The summed E-state index contributed by atoms with van der Waals surface area (Å²) in [6, 6.07) is 0. The number of rotatable bonds is 3. The average molecular weight is 236 g/mol. The Morgan fingerprint density at radius 3 is 2.92 bits per heavy atom. The van der Waals surface area contributed by atoms with E-state index < -0.39 is 0 Å². The molecule has 1 fully saturated rings. The fraction of sp³-hybridized carbons (Fsp3) is 0.875. The monoisotopic (exact) mass is 235 g/mol. The van der Waals surface area contributed by atoms with Crippen LogP contribution < -0.4 is 0 Å². The Labute approximate surface area is 80.9 Å². The molecule has 1 aliphatic heterocycles. The Balaban J connectivity index is 2.39. The van der Waals surface area contributed by atoms with Crippen LogP contribution >= 0.6 is 15.9 Å². The molecule has 0 aromatic heterocycles. The van der Waals surface area contributed by atoms with E-state index in [2.05, 4.69) is 15.9 Å². The number of β-amino-alcohol motifs (C(OH)–C–C–N with tert-alkyl or cyclic N) is 1. The normalized spacial score (nSPS) is 26.4. The van der Waals surface area contributed by atoms with Crippen LogP contribution in [0.25, 0.3) is 0 Å². The third kappa shape index (κ3) is 2.20. The second-order valence-corrected chi connectivity index (χ2v) is 4.21. The maximum absolute atomic E-state index is 11.3. The molecule has 4 heteroatoms. The Morgan fingerprint density at radius 2 is 2.50 bits per heavy atom. The number of aliphatic hydroxyl groups is 1. The van der Waals surface area contributed by atoms with E-state index in [1.54, 1.807) is 4.90 Å². The van der Waals surface area contributed by atoms with Gasteiger partial charge in [0.25, 0.3) is 0 Å². The van der Waals surface area contributed by atoms with E-state index in [-0.39, 0.29) is 16.8 Å². The molecular formula is C8H14BrNO2. The molecule has 1 heterocycles. The zero-order chi connectivity index (χ0) is 9.14. The predicted octanol–water partition coefficient (Wildman–Crippen LogP) is 0.753. The molecule has 1 rings (SSSR count). The molecule has 2 unspecified atom stereocenters. The highest BCUT2D eigenvalue weighted by Crippen LogP contribution is 2.18. The standard InChI is InChI=1S/C8H14BrNO2/c1-2-6(11)5-10-4-3-7(9)8(10)12/h6-7,11H,2-5H2,1H3. The average Bonchev–Trinajstić information content (AvgIpc) is 2.36. The highest BCUT2D eigenvalue weighted by atomic mass is 79.9. The summed E-state index contributed by atoms with van der Waals surface area (Å²) in [5.41, 5.74) is 0. The highest BCUT2D eigenvalue weighted by Gasteiger charge is 2.29. The van der Waals surface area contributed by atoms with E-state index in [1.165, 1.54) is 0 Å². The first-order chi connectivity index (χ1) is 5.65. The number of carbonyl (C=O) groups excluding carboxylic acids is 1. The van der Waals surface area contributed by atoms with Gasteiger partial charge in [-0.25, -0.2) is 0 Å². The van der Waals surface area contributed by atoms with Gasteiger partial charge in [-0.05, 0) is 12.8 Å². The molecule has 0 aromatic carbocycles. The van der Waals surface area contributed by atoms with Gasteiger partial charge < -0.3 is 10.0 Å². The minimum atomic E-state index is -0.369. The summed E-state index contributed by atoms with van der Waals surface area (Å²) >= 11 is 3.28. The maximum Gasteiger partial charge on any atom is 0.236 e. The molecule has 3 nitrogen and oxygen atoms in total. The smallest absolute Gasteiger partial charge is 0.236 e. The number of alkyl halides is 1. The largest absolute Gasteiger partial charge is 0.391 e. The van der Waals surface area contributed by atoms with Crippen molar-refractivity contribution in [1.82, 2.24) is 4.90 Å². The van der Waals surface area contributed by atoms with Gasteiger partial charge in [0.15, 0.2) is 0 Å². The van der Waals surface area contributed by atoms with Crippen LogP contribution in [0.2, 0.25) is 0 Å². The molecule has 0 saturated carbocycles. The number of hydrogen-bond acceptors (Lipinski definition) is 2. The third-order valence-electron chi connectivity index (χ3n) is 2.13. The molecule has 0 radical (unpaired) electrons. The van der Waals surface area contributed by atoms with Crippen LogP contribution in [0.1, 0.15) is 19.8 Å². The SMILES string of the molecule is CCC(O)CN1CCC(Br)C1=O. The van der Waals surface area contributed by atoms with Crippen molar-refractivity contribution >= 4 is 21.8 Å². The second kappa shape index (κ2) is 4.23. The molecule has 0 bridgehead atoms. The van der Waals surface area contributed by atoms with Gasteiger partial charge >= 0.3 is 0 Å². The summed E-state index contributed by atoms with van der Waals surface area (Å²) in [4.78, 5) is 13.0. The zero-order valence-corrected chi connectivity index (χ0v) is 8.75. The van der Waals surface area contributed by atoms with Gasteiger partial charge in [0.05, 0.1) is 10.9 Å². The second-order valence-electron chi connectivity index (χ2n) is 3.10. The van der Waals surface area contributed by atoms with Crippen molar-refractivity contribution < 1.29 is 9.90 Å².